The molecule has 1 rings (SSSR count). The Labute approximate surface area is 73.9 Å². The molecule has 0 heterocycles. The summed E-state index contributed by atoms with van der Waals surface area (Å²) in [7, 11) is 0. The van der Waals surface area contributed by atoms with Crippen LogP contribution in [0.25, 0.3) is 0 Å². The van der Waals surface area contributed by atoms with E-state index in [9.17, 15) is 10.1 Å². The number of benzene rings is 1. The van der Waals surface area contributed by atoms with Crippen LogP contribution < -0.4 is 0 Å². The van der Waals surface area contributed by atoms with E-state index in [1.165, 1.54) is 24.3 Å². The molecule has 0 unspecified atom stereocenters. The molecule has 5 heteroatoms. The van der Waals surface area contributed by atoms with Crippen LogP contribution in [0.15, 0.2) is 24.3 Å². The quantitative estimate of drug-likeness (QED) is 0.419. The second kappa shape index (κ2) is 3.45. The van der Waals surface area contributed by atoms with Crippen molar-refractivity contribution >= 4 is 11.4 Å². The molecule has 13 heavy (non-hydrogen) atoms. The standard InChI is InChI=1S/C8H5N3O2/c9-5-8(10)6-1-3-7(4-2-6)11(12)13/h1-4,10H. The van der Waals surface area contributed by atoms with Gasteiger partial charge in [-0.2, -0.15) is 5.26 Å². The number of nitrogens with one attached hydrogen (secondary N) is 1. The lowest BCUT2D eigenvalue weighted by molar-refractivity contribution is -0.384. The molecule has 0 spiro atoms. The molecule has 5 nitrogen and oxygen atoms in total. The molecule has 0 fully saturated rings. The fourth-order valence-corrected chi connectivity index (χ4v) is 0.814. The van der Waals surface area contributed by atoms with Gasteiger partial charge in [0.15, 0.2) is 0 Å². The van der Waals surface area contributed by atoms with Gasteiger partial charge in [0, 0.05) is 17.7 Å². The van der Waals surface area contributed by atoms with Crippen molar-refractivity contribution in [1.29, 1.82) is 10.7 Å². The Morgan fingerprint density at radius 3 is 2.38 bits per heavy atom. The Morgan fingerprint density at radius 1 is 1.46 bits per heavy atom. The van der Waals surface area contributed by atoms with Gasteiger partial charge in [0.2, 0.25) is 0 Å². The van der Waals surface area contributed by atoms with E-state index in [0.717, 1.165) is 0 Å². The largest absolute Gasteiger partial charge is 0.290 e. The van der Waals surface area contributed by atoms with Gasteiger partial charge in [0.1, 0.15) is 11.8 Å². The third kappa shape index (κ3) is 1.87. The molecule has 0 aliphatic heterocycles. The summed E-state index contributed by atoms with van der Waals surface area (Å²) in [6.07, 6.45) is 0. The van der Waals surface area contributed by atoms with Gasteiger partial charge in [-0.15, -0.1) is 0 Å². The Morgan fingerprint density at radius 2 is 2.00 bits per heavy atom. The van der Waals surface area contributed by atoms with E-state index in [-0.39, 0.29) is 11.4 Å². The molecule has 0 radical (unpaired) electrons. The van der Waals surface area contributed by atoms with Gasteiger partial charge in [-0.1, -0.05) is 0 Å². The topological polar surface area (TPSA) is 90.8 Å². The average molecular weight is 175 g/mol. The number of hydrogen-bond acceptors (Lipinski definition) is 4. The zero-order chi connectivity index (χ0) is 9.84. The minimum absolute atomic E-state index is 0.0468. The molecular formula is C8H5N3O2. The molecule has 0 saturated heterocycles. The second-order valence-corrected chi connectivity index (χ2v) is 2.29. The first-order valence-electron chi connectivity index (χ1n) is 3.38. The molecule has 1 N–H and O–H groups in total. The van der Waals surface area contributed by atoms with Crippen molar-refractivity contribution in [2.24, 2.45) is 0 Å². The highest BCUT2D eigenvalue weighted by atomic mass is 16.6. The highest BCUT2D eigenvalue weighted by Gasteiger charge is 2.05. The number of rotatable bonds is 2. The molecule has 1 aromatic carbocycles. The molecule has 64 valence electrons. The summed E-state index contributed by atoms with van der Waals surface area (Å²) in [6, 6.07) is 6.93. The van der Waals surface area contributed by atoms with Gasteiger partial charge in [-0.25, -0.2) is 0 Å². The highest BCUT2D eigenvalue weighted by Crippen LogP contribution is 2.11. The lowest BCUT2D eigenvalue weighted by Crippen LogP contribution is -1.95. The number of nitriles is 1. The monoisotopic (exact) mass is 175 g/mol. The third-order valence-corrected chi connectivity index (χ3v) is 1.48. The van der Waals surface area contributed by atoms with E-state index in [1.54, 1.807) is 6.07 Å². The molecule has 0 aliphatic rings. The predicted octanol–water partition coefficient (Wildman–Crippen LogP) is 1.49. The summed E-state index contributed by atoms with van der Waals surface area (Å²) in [4.78, 5) is 9.71. The molecule has 0 aliphatic carbocycles. The van der Waals surface area contributed by atoms with Gasteiger partial charge in [-0.3, -0.25) is 15.5 Å². The normalized spacial score (nSPS) is 8.85. The summed E-state index contributed by atoms with van der Waals surface area (Å²) in [5.74, 6) is 0. The number of nitro benzene ring substituents is 1. The van der Waals surface area contributed by atoms with Gasteiger partial charge < -0.3 is 0 Å². The highest BCUT2D eigenvalue weighted by molar-refractivity contribution is 6.09. The van der Waals surface area contributed by atoms with Crippen molar-refractivity contribution in [3.05, 3.63) is 39.9 Å². The maximum absolute atomic E-state index is 10.2. The van der Waals surface area contributed by atoms with Crippen LogP contribution in [0.2, 0.25) is 0 Å². The first kappa shape index (κ1) is 8.87. The zero-order valence-corrected chi connectivity index (χ0v) is 6.52. The van der Waals surface area contributed by atoms with Crippen molar-refractivity contribution in [1.82, 2.24) is 0 Å². The van der Waals surface area contributed by atoms with Crippen molar-refractivity contribution < 1.29 is 4.92 Å². The minimum atomic E-state index is -0.528. The van der Waals surface area contributed by atoms with Crippen LogP contribution in [0.4, 0.5) is 5.69 Å². The van der Waals surface area contributed by atoms with E-state index in [4.69, 9.17) is 10.7 Å². The van der Waals surface area contributed by atoms with Crippen LogP contribution in [-0.2, 0) is 0 Å². The van der Waals surface area contributed by atoms with Crippen molar-refractivity contribution in [3.8, 4) is 6.07 Å². The van der Waals surface area contributed by atoms with E-state index >= 15 is 0 Å². The summed E-state index contributed by atoms with van der Waals surface area (Å²) in [6.45, 7) is 0. The van der Waals surface area contributed by atoms with Crippen LogP contribution in [0.5, 0.6) is 0 Å². The Hall–Kier alpha value is -2.22. The molecule has 0 atom stereocenters. The lowest BCUT2D eigenvalue weighted by Gasteiger charge is -1.94. The molecule has 0 bridgehead atoms. The van der Waals surface area contributed by atoms with Crippen molar-refractivity contribution in [2.75, 3.05) is 0 Å². The van der Waals surface area contributed by atoms with Gasteiger partial charge >= 0.3 is 0 Å². The maximum Gasteiger partial charge on any atom is 0.269 e. The number of nitro groups is 1. The summed E-state index contributed by atoms with van der Waals surface area (Å²) in [5.41, 5.74) is 0.137. The van der Waals surface area contributed by atoms with Crippen molar-refractivity contribution in [3.63, 3.8) is 0 Å². The fraction of sp³-hybridized carbons (Fsp3) is 0. The molecule has 0 aromatic heterocycles. The number of non-ortho nitro benzene ring substituents is 1. The van der Waals surface area contributed by atoms with Crippen LogP contribution in [0, 0.1) is 26.9 Å². The smallest absolute Gasteiger partial charge is 0.269 e. The summed E-state index contributed by atoms with van der Waals surface area (Å²) in [5, 5.41) is 25.7. The summed E-state index contributed by atoms with van der Waals surface area (Å²) < 4.78 is 0. The third-order valence-electron chi connectivity index (χ3n) is 1.48. The average Bonchev–Trinajstić information content (AvgIpc) is 2.17. The van der Waals surface area contributed by atoms with E-state index in [0.29, 0.717) is 5.56 Å². The Balaban J connectivity index is 3.02. The van der Waals surface area contributed by atoms with Crippen LogP contribution in [-0.4, -0.2) is 10.6 Å². The van der Waals surface area contributed by atoms with Gasteiger partial charge in [-0.05, 0) is 12.1 Å². The predicted molar refractivity (Wildman–Crippen MR) is 45.5 cm³/mol. The van der Waals surface area contributed by atoms with Crippen molar-refractivity contribution in [2.45, 2.75) is 0 Å². The Bertz CT molecular complexity index is 389. The Kier molecular flexibility index (Phi) is 2.36. The molecule has 0 amide bonds. The van der Waals surface area contributed by atoms with Crippen LogP contribution >= 0.6 is 0 Å². The van der Waals surface area contributed by atoms with Crippen LogP contribution in [0.1, 0.15) is 5.56 Å². The summed E-state index contributed by atoms with van der Waals surface area (Å²) >= 11 is 0. The van der Waals surface area contributed by atoms with Gasteiger partial charge in [0.05, 0.1) is 4.92 Å². The van der Waals surface area contributed by atoms with E-state index < -0.39 is 4.92 Å². The molecule has 0 saturated carbocycles. The lowest BCUT2D eigenvalue weighted by atomic mass is 10.1. The number of hydrogen-bond donors (Lipinski definition) is 1. The first-order valence-corrected chi connectivity index (χ1v) is 3.38. The zero-order valence-electron chi connectivity index (χ0n) is 6.52. The maximum atomic E-state index is 10.2. The van der Waals surface area contributed by atoms with E-state index in [1.807, 2.05) is 0 Å². The van der Waals surface area contributed by atoms with Gasteiger partial charge in [0.25, 0.3) is 5.69 Å². The first-order chi connectivity index (χ1) is 6.15. The second-order valence-electron chi connectivity index (χ2n) is 2.29. The van der Waals surface area contributed by atoms with Crippen LogP contribution in [0.3, 0.4) is 0 Å². The fourth-order valence-electron chi connectivity index (χ4n) is 0.814. The SMILES string of the molecule is N#CC(=N)c1ccc([N+](=O)[O-])cc1. The molecular weight excluding hydrogens is 170 g/mol. The molecule has 1 aromatic rings. The minimum Gasteiger partial charge on any atom is -0.290 e. The number of nitrogens with zero attached hydrogens (tertiary/aromatic N) is 2. The van der Waals surface area contributed by atoms with E-state index in [2.05, 4.69) is 0 Å².